The van der Waals surface area contributed by atoms with Gasteiger partial charge in [-0.2, -0.15) is 0 Å². The minimum atomic E-state index is -0.374. The summed E-state index contributed by atoms with van der Waals surface area (Å²) in [5.74, 6) is -0.374. The summed E-state index contributed by atoms with van der Waals surface area (Å²) in [6.07, 6.45) is 0. The Morgan fingerprint density at radius 1 is 1.56 bits per heavy atom. The van der Waals surface area contributed by atoms with E-state index < -0.39 is 0 Å². The van der Waals surface area contributed by atoms with Crippen molar-refractivity contribution >= 4 is 40.2 Å². The molecule has 0 bridgehead atoms. The van der Waals surface area contributed by atoms with Crippen LogP contribution in [-0.2, 0) is 4.74 Å². The van der Waals surface area contributed by atoms with Crippen LogP contribution in [0.2, 0.25) is 4.34 Å². The van der Waals surface area contributed by atoms with Gasteiger partial charge in [0.1, 0.15) is 0 Å². The molecule has 0 saturated carbocycles. The summed E-state index contributed by atoms with van der Waals surface area (Å²) in [4.78, 5) is 16.6. The molecule has 0 saturated heterocycles. The third-order valence-electron chi connectivity index (χ3n) is 1.78. The molecule has 0 aliphatic carbocycles. The van der Waals surface area contributed by atoms with E-state index >= 15 is 0 Å². The predicted molar refractivity (Wildman–Crippen MR) is 66.4 cm³/mol. The Kier molecular flexibility index (Phi) is 3.58. The molecule has 3 nitrogen and oxygen atoms in total. The van der Waals surface area contributed by atoms with Gasteiger partial charge >= 0.3 is 5.97 Å². The monoisotopic (exact) mass is 273 g/mol. The first-order valence-corrected chi connectivity index (χ1v) is 6.66. The topological polar surface area (TPSA) is 39.2 Å². The smallest absolute Gasteiger partial charge is 0.367 e. The first kappa shape index (κ1) is 11.6. The Bertz CT molecular complexity index is 506. The van der Waals surface area contributed by atoms with E-state index in [1.807, 2.05) is 17.5 Å². The molecule has 0 aliphatic rings. The fourth-order valence-electron chi connectivity index (χ4n) is 1.13. The van der Waals surface area contributed by atoms with Crippen LogP contribution >= 0.6 is 34.3 Å². The molecule has 0 N–H and O–H groups in total. The molecule has 0 aromatic carbocycles. The number of ether oxygens (including phenoxy) is 1. The molecule has 0 amide bonds. The second kappa shape index (κ2) is 4.95. The van der Waals surface area contributed by atoms with Crippen molar-refractivity contribution in [1.82, 2.24) is 4.98 Å². The van der Waals surface area contributed by atoms with Crippen LogP contribution in [0.25, 0.3) is 10.6 Å². The average molecular weight is 274 g/mol. The molecular formula is C10H8ClNO2S2. The molecule has 2 rings (SSSR count). The first-order valence-electron chi connectivity index (χ1n) is 4.59. The molecular weight excluding hydrogens is 266 g/mol. The highest BCUT2D eigenvalue weighted by Gasteiger charge is 2.13. The number of thiazole rings is 1. The van der Waals surface area contributed by atoms with Crippen LogP contribution in [0.3, 0.4) is 0 Å². The van der Waals surface area contributed by atoms with Crippen molar-refractivity contribution in [1.29, 1.82) is 0 Å². The fourth-order valence-corrected chi connectivity index (χ4v) is 2.91. The van der Waals surface area contributed by atoms with E-state index in [9.17, 15) is 4.79 Å². The Balaban J connectivity index is 2.22. The molecule has 2 aromatic heterocycles. The number of carbonyl (C=O) groups is 1. The van der Waals surface area contributed by atoms with Crippen molar-refractivity contribution in [2.75, 3.05) is 6.61 Å². The van der Waals surface area contributed by atoms with Gasteiger partial charge in [0, 0.05) is 5.38 Å². The van der Waals surface area contributed by atoms with Gasteiger partial charge in [0.05, 0.1) is 21.5 Å². The van der Waals surface area contributed by atoms with Crippen molar-refractivity contribution in [3.8, 4) is 10.6 Å². The lowest BCUT2D eigenvalue weighted by molar-refractivity contribution is 0.0526. The number of carbonyl (C=O) groups excluding carboxylic acids is 1. The van der Waals surface area contributed by atoms with Gasteiger partial charge in [0.25, 0.3) is 0 Å². The van der Waals surface area contributed by atoms with E-state index in [0.29, 0.717) is 16.0 Å². The minimum absolute atomic E-state index is 0.360. The van der Waals surface area contributed by atoms with Gasteiger partial charge < -0.3 is 4.74 Å². The zero-order chi connectivity index (χ0) is 11.5. The maximum absolute atomic E-state index is 11.4. The molecule has 0 unspecified atom stereocenters. The third-order valence-corrected chi connectivity index (χ3v) is 3.86. The van der Waals surface area contributed by atoms with Gasteiger partial charge in [-0.25, -0.2) is 9.78 Å². The Morgan fingerprint density at radius 2 is 2.38 bits per heavy atom. The summed E-state index contributed by atoms with van der Waals surface area (Å²) in [7, 11) is 0. The predicted octanol–water partition coefficient (Wildman–Crippen LogP) is 3.70. The van der Waals surface area contributed by atoms with Crippen LogP contribution in [-0.4, -0.2) is 17.6 Å². The number of hydrogen-bond donors (Lipinski definition) is 0. The normalized spacial score (nSPS) is 10.4. The zero-order valence-corrected chi connectivity index (χ0v) is 10.8. The van der Waals surface area contributed by atoms with Crippen LogP contribution in [0.5, 0.6) is 0 Å². The van der Waals surface area contributed by atoms with Crippen LogP contribution in [0.4, 0.5) is 0 Å². The van der Waals surface area contributed by atoms with Crippen LogP contribution in [0, 0.1) is 0 Å². The van der Waals surface area contributed by atoms with Crippen molar-refractivity contribution < 1.29 is 9.53 Å². The molecule has 0 spiro atoms. The molecule has 2 aromatic rings. The van der Waals surface area contributed by atoms with Crippen LogP contribution in [0.1, 0.15) is 16.7 Å². The largest absolute Gasteiger partial charge is 0.461 e. The number of rotatable bonds is 3. The summed E-state index contributed by atoms with van der Waals surface area (Å²) in [5, 5.41) is 2.20. The first-order chi connectivity index (χ1) is 7.70. The van der Waals surface area contributed by atoms with Crippen molar-refractivity contribution in [3.63, 3.8) is 0 Å². The maximum atomic E-state index is 11.4. The quantitative estimate of drug-likeness (QED) is 0.801. The summed E-state index contributed by atoms with van der Waals surface area (Å²) >= 11 is 8.55. The Labute approximate surface area is 106 Å². The van der Waals surface area contributed by atoms with Crippen molar-refractivity contribution in [2.24, 2.45) is 0 Å². The molecule has 0 aliphatic heterocycles. The number of esters is 1. The highest BCUT2D eigenvalue weighted by molar-refractivity contribution is 7.19. The Morgan fingerprint density at radius 3 is 3.00 bits per heavy atom. The van der Waals surface area contributed by atoms with E-state index in [1.165, 1.54) is 22.7 Å². The third kappa shape index (κ3) is 2.42. The summed E-state index contributed by atoms with van der Waals surface area (Å²) in [6.45, 7) is 2.13. The van der Waals surface area contributed by atoms with Crippen LogP contribution < -0.4 is 0 Å². The van der Waals surface area contributed by atoms with E-state index in [-0.39, 0.29) is 5.97 Å². The molecule has 0 fully saturated rings. The molecule has 0 radical (unpaired) electrons. The number of halogens is 1. The van der Waals surface area contributed by atoms with Crippen molar-refractivity contribution in [3.05, 3.63) is 26.9 Å². The van der Waals surface area contributed by atoms with Crippen molar-refractivity contribution in [2.45, 2.75) is 6.92 Å². The number of nitrogens with zero attached hydrogens (tertiary/aromatic N) is 1. The second-order valence-corrected chi connectivity index (χ2v) is 5.44. The molecule has 16 heavy (non-hydrogen) atoms. The van der Waals surface area contributed by atoms with Crippen LogP contribution in [0.15, 0.2) is 17.5 Å². The standard InChI is InChI=1S/C10H8ClNO2S2/c1-2-14-10(13)9-12-6(5-15-9)7-3-4-8(11)16-7/h3-5H,2H2,1H3. The van der Waals surface area contributed by atoms with Gasteiger partial charge in [-0.15, -0.1) is 22.7 Å². The lowest BCUT2D eigenvalue weighted by Crippen LogP contribution is -2.03. The van der Waals surface area contributed by atoms with E-state index in [2.05, 4.69) is 4.98 Å². The SMILES string of the molecule is CCOC(=O)c1nc(-c2ccc(Cl)s2)cs1. The Hall–Kier alpha value is -0.910. The summed E-state index contributed by atoms with van der Waals surface area (Å²) in [5.41, 5.74) is 0.768. The van der Waals surface area contributed by atoms with E-state index in [0.717, 1.165) is 10.6 Å². The molecule has 84 valence electrons. The van der Waals surface area contributed by atoms with Gasteiger partial charge in [0.15, 0.2) is 0 Å². The van der Waals surface area contributed by atoms with Gasteiger partial charge in [0.2, 0.25) is 5.01 Å². The number of aromatic nitrogens is 1. The maximum Gasteiger partial charge on any atom is 0.367 e. The highest BCUT2D eigenvalue weighted by atomic mass is 35.5. The molecule has 2 heterocycles. The summed E-state index contributed by atoms with van der Waals surface area (Å²) < 4.78 is 5.58. The van der Waals surface area contributed by atoms with Gasteiger partial charge in [-0.3, -0.25) is 0 Å². The van der Waals surface area contributed by atoms with Gasteiger partial charge in [-0.05, 0) is 19.1 Å². The number of thiophene rings is 1. The summed E-state index contributed by atoms with van der Waals surface area (Å²) in [6, 6.07) is 3.70. The fraction of sp³-hybridized carbons (Fsp3) is 0.200. The number of hydrogen-bond acceptors (Lipinski definition) is 5. The highest BCUT2D eigenvalue weighted by Crippen LogP contribution is 2.31. The van der Waals surface area contributed by atoms with Gasteiger partial charge in [-0.1, -0.05) is 11.6 Å². The lowest BCUT2D eigenvalue weighted by Gasteiger charge is -1.95. The molecule has 0 atom stereocenters. The lowest BCUT2D eigenvalue weighted by atomic mass is 10.4. The van der Waals surface area contributed by atoms with E-state index in [4.69, 9.17) is 16.3 Å². The average Bonchev–Trinajstić information content (AvgIpc) is 2.85. The minimum Gasteiger partial charge on any atom is -0.461 e. The zero-order valence-electron chi connectivity index (χ0n) is 8.40. The van der Waals surface area contributed by atoms with E-state index in [1.54, 1.807) is 6.92 Å². The second-order valence-electron chi connectivity index (χ2n) is 2.86. The molecule has 6 heteroatoms.